The highest BCUT2D eigenvalue weighted by molar-refractivity contribution is 5.78. The van der Waals surface area contributed by atoms with Crippen molar-refractivity contribution in [3.8, 4) is 11.4 Å². The summed E-state index contributed by atoms with van der Waals surface area (Å²) < 4.78 is 13.0. The Bertz CT molecular complexity index is 1290. The van der Waals surface area contributed by atoms with Crippen LogP contribution in [0.4, 0.5) is 11.6 Å². The van der Waals surface area contributed by atoms with Crippen LogP contribution in [-0.2, 0) is 9.47 Å². The van der Waals surface area contributed by atoms with E-state index in [4.69, 9.17) is 29.5 Å². The molecular formula is C24H27N7O2. The molecule has 9 nitrogen and oxygen atoms in total. The highest BCUT2D eigenvalue weighted by Crippen LogP contribution is 2.27. The van der Waals surface area contributed by atoms with Crippen LogP contribution in [-0.4, -0.2) is 70.1 Å². The number of nitrogens with one attached hydrogen (secondary N) is 1. The summed E-state index contributed by atoms with van der Waals surface area (Å²) in [5.41, 5.74) is 4.94. The summed E-state index contributed by atoms with van der Waals surface area (Å²) in [5, 5.41) is 8.62. The Kier molecular flexibility index (Phi) is 5.27. The Labute approximate surface area is 191 Å². The summed E-state index contributed by atoms with van der Waals surface area (Å²) in [5.74, 6) is 1.87. The van der Waals surface area contributed by atoms with Gasteiger partial charge in [-0.2, -0.15) is 9.61 Å². The molecule has 0 spiro atoms. The molecule has 0 radical (unpaired) electrons. The number of morpholine rings is 1. The molecule has 4 aromatic rings. The molecule has 33 heavy (non-hydrogen) atoms. The lowest BCUT2D eigenvalue weighted by Gasteiger charge is -2.29. The van der Waals surface area contributed by atoms with E-state index < -0.39 is 0 Å². The van der Waals surface area contributed by atoms with Gasteiger partial charge in [0.15, 0.2) is 5.65 Å². The molecule has 0 saturated carbocycles. The van der Waals surface area contributed by atoms with Crippen LogP contribution in [0.1, 0.15) is 18.5 Å². The van der Waals surface area contributed by atoms with Gasteiger partial charge in [0.25, 0.3) is 0 Å². The van der Waals surface area contributed by atoms with Crippen LogP contribution in [0.3, 0.4) is 0 Å². The summed E-state index contributed by atoms with van der Waals surface area (Å²) in [6, 6.07) is 12.4. The summed E-state index contributed by atoms with van der Waals surface area (Å²) in [7, 11) is 0. The third-order valence-electron chi connectivity index (χ3n) is 6.31. The minimum absolute atomic E-state index is 0.344. The second-order valence-electron chi connectivity index (χ2n) is 8.58. The van der Waals surface area contributed by atoms with Gasteiger partial charge in [0.05, 0.1) is 29.9 Å². The number of para-hydroxylation sites is 2. The smallest absolute Gasteiger partial charge is 0.160 e. The first kappa shape index (κ1) is 20.3. The predicted molar refractivity (Wildman–Crippen MR) is 127 cm³/mol. The maximum absolute atomic E-state index is 5.54. The van der Waals surface area contributed by atoms with Gasteiger partial charge in [0.2, 0.25) is 0 Å². The van der Waals surface area contributed by atoms with Gasteiger partial charge in [-0.15, -0.1) is 0 Å². The SMILES string of the molecule is Cc1nc2ccccc2nc1-c1cc2nc(N3CCOCC3)cc(NC3CCOCC3)n2n1. The van der Waals surface area contributed by atoms with Gasteiger partial charge in [-0.3, -0.25) is 0 Å². The van der Waals surface area contributed by atoms with Gasteiger partial charge in [-0.25, -0.2) is 15.0 Å². The molecule has 1 aromatic carbocycles. The van der Waals surface area contributed by atoms with E-state index in [1.807, 2.05) is 41.8 Å². The third kappa shape index (κ3) is 3.98. The number of anilines is 2. The highest BCUT2D eigenvalue weighted by Gasteiger charge is 2.21. The molecule has 0 bridgehead atoms. The molecule has 2 saturated heterocycles. The van der Waals surface area contributed by atoms with Crippen molar-refractivity contribution in [3.63, 3.8) is 0 Å². The van der Waals surface area contributed by atoms with Crippen LogP contribution in [0.2, 0.25) is 0 Å². The van der Waals surface area contributed by atoms with E-state index in [1.54, 1.807) is 0 Å². The number of benzene rings is 1. The minimum atomic E-state index is 0.344. The number of fused-ring (bicyclic) bond motifs is 2. The number of aryl methyl sites for hydroxylation is 1. The lowest BCUT2D eigenvalue weighted by Crippen LogP contribution is -2.37. The molecule has 5 heterocycles. The van der Waals surface area contributed by atoms with E-state index in [-0.39, 0.29) is 0 Å². The Balaban J connectivity index is 1.45. The Morgan fingerprint density at radius 2 is 1.64 bits per heavy atom. The van der Waals surface area contributed by atoms with Crippen molar-refractivity contribution in [3.05, 3.63) is 42.1 Å². The summed E-state index contributed by atoms with van der Waals surface area (Å²) in [6.45, 7) is 6.62. The topological polar surface area (TPSA) is 89.7 Å². The average molecular weight is 446 g/mol. The zero-order valence-electron chi connectivity index (χ0n) is 18.7. The summed E-state index contributed by atoms with van der Waals surface area (Å²) >= 11 is 0. The maximum Gasteiger partial charge on any atom is 0.160 e. The fourth-order valence-electron chi connectivity index (χ4n) is 4.52. The van der Waals surface area contributed by atoms with Gasteiger partial charge >= 0.3 is 0 Å². The van der Waals surface area contributed by atoms with E-state index in [0.29, 0.717) is 19.3 Å². The first-order valence-electron chi connectivity index (χ1n) is 11.6. The van der Waals surface area contributed by atoms with Crippen LogP contribution in [0.15, 0.2) is 36.4 Å². The molecule has 2 aliphatic heterocycles. The van der Waals surface area contributed by atoms with Crippen LogP contribution in [0.25, 0.3) is 28.1 Å². The van der Waals surface area contributed by atoms with Crippen molar-refractivity contribution in [1.29, 1.82) is 0 Å². The molecule has 0 amide bonds. The number of rotatable bonds is 4. The van der Waals surface area contributed by atoms with Crippen LogP contribution in [0, 0.1) is 6.92 Å². The molecule has 6 rings (SSSR count). The maximum atomic E-state index is 5.54. The fourth-order valence-corrected chi connectivity index (χ4v) is 4.52. The third-order valence-corrected chi connectivity index (χ3v) is 6.31. The molecule has 2 fully saturated rings. The van der Waals surface area contributed by atoms with E-state index in [1.165, 1.54) is 0 Å². The van der Waals surface area contributed by atoms with E-state index in [0.717, 1.165) is 84.5 Å². The van der Waals surface area contributed by atoms with Crippen molar-refractivity contribution in [1.82, 2.24) is 24.6 Å². The summed E-state index contributed by atoms with van der Waals surface area (Å²) in [6.07, 6.45) is 1.94. The van der Waals surface area contributed by atoms with Crippen molar-refractivity contribution in [2.24, 2.45) is 0 Å². The van der Waals surface area contributed by atoms with E-state index in [9.17, 15) is 0 Å². The minimum Gasteiger partial charge on any atom is -0.381 e. The van der Waals surface area contributed by atoms with Gasteiger partial charge in [-0.1, -0.05) is 12.1 Å². The van der Waals surface area contributed by atoms with Crippen molar-refractivity contribution in [2.45, 2.75) is 25.8 Å². The van der Waals surface area contributed by atoms with Gasteiger partial charge in [0, 0.05) is 44.5 Å². The van der Waals surface area contributed by atoms with E-state index >= 15 is 0 Å². The second-order valence-corrected chi connectivity index (χ2v) is 8.58. The number of ether oxygens (including phenoxy) is 2. The van der Waals surface area contributed by atoms with Crippen molar-refractivity contribution < 1.29 is 9.47 Å². The lowest BCUT2D eigenvalue weighted by molar-refractivity contribution is 0.0903. The first-order chi connectivity index (χ1) is 16.2. The van der Waals surface area contributed by atoms with E-state index in [2.05, 4.69) is 16.3 Å². The Morgan fingerprint density at radius 3 is 2.42 bits per heavy atom. The Hall–Kier alpha value is -3.30. The van der Waals surface area contributed by atoms with Gasteiger partial charge < -0.3 is 19.7 Å². The van der Waals surface area contributed by atoms with Gasteiger partial charge in [0.1, 0.15) is 23.0 Å². The molecule has 0 atom stereocenters. The van der Waals surface area contributed by atoms with Crippen LogP contribution in [0.5, 0.6) is 0 Å². The molecule has 9 heteroatoms. The van der Waals surface area contributed by atoms with Crippen molar-refractivity contribution >= 4 is 28.3 Å². The molecule has 2 aliphatic rings. The first-order valence-corrected chi connectivity index (χ1v) is 11.6. The predicted octanol–water partition coefficient (Wildman–Crippen LogP) is 3.08. The monoisotopic (exact) mass is 445 g/mol. The lowest BCUT2D eigenvalue weighted by atomic mass is 10.1. The Morgan fingerprint density at radius 1 is 0.909 bits per heavy atom. The van der Waals surface area contributed by atoms with Crippen molar-refractivity contribution in [2.75, 3.05) is 49.7 Å². The van der Waals surface area contributed by atoms with Gasteiger partial charge in [-0.05, 0) is 31.9 Å². The second kappa shape index (κ2) is 8.57. The highest BCUT2D eigenvalue weighted by atomic mass is 16.5. The van der Waals surface area contributed by atoms with Crippen LogP contribution >= 0.6 is 0 Å². The normalized spacial score (nSPS) is 17.7. The molecule has 0 unspecified atom stereocenters. The number of aromatic nitrogens is 5. The molecule has 0 aliphatic carbocycles. The van der Waals surface area contributed by atoms with Crippen LogP contribution < -0.4 is 10.2 Å². The largest absolute Gasteiger partial charge is 0.381 e. The molecule has 3 aromatic heterocycles. The summed E-state index contributed by atoms with van der Waals surface area (Å²) in [4.78, 5) is 16.8. The zero-order chi connectivity index (χ0) is 22.2. The molecule has 170 valence electrons. The molecular weight excluding hydrogens is 418 g/mol. The number of nitrogens with zero attached hydrogens (tertiary/aromatic N) is 6. The average Bonchev–Trinajstić information content (AvgIpc) is 3.29. The fraction of sp³-hybridized carbons (Fsp3) is 0.417. The zero-order valence-corrected chi connectivity index (χ0v) is 18.7. The number of hydrogen-bond acceptors (Lipinski definition) is 8. The standard InChI is InChI=1S/C24H27N7O2/c1-16-24(27-19-5-3-2-4-18(19)25-16)20-14-22-28-21(30-8-12-33-13-9-30)15-23(31(22)29-20)26-17-6-10-32-11-7-17/h2-5,14-15,17,26H,6-13H2,1H3. The number of hydrogen-bond donors (Lipinski definition) is 1. The quantitative estimate of drug-likeness (QED) is 0.513. The molecule has 1 N–H and O–H groups in total.